The van der Waals surface area contributed by atoms with Crippen molar-refractivity contribution in [1.29, 1.82) is 0 Å². The molecular weight excluding hydrogens is 251 g/mol. The summed E-state index contributed by atoms with van der Waals surface area (Å²) >= 11 is 6.18. The highest BCUT2D eigenvalue weighted by atomic mass is 35.5. The van der Waals surface area contributed by atoms with Gasteiger partial charge in [-0.05, 0) is 54.4 Å². The lowest BCUT2D eigenvalue weighted by molar-refractivity contribution is 0.454. The zero-order valence-electron chi connectivity index (χ0n) is 10.2. The zero-order valence-corrected chi connectivity index (χ0v) is 11.0. The van der Waals surface area contributed by atoms with Gasteiger partial charge in [-0.25, -0.2) is 4.39 Å². The van der Waals surface area contributed by atoms with Gasteiger partial charge in [0.05, 0.1) is 6.04 Å². The van der Waals surface area contributed by atoms with Crippen LogP contribution < -0.4 is 11.3 Å². The number of nitrogens with two attached hydrogens (primary N) is 1. The summed E-state index contributed by atoms with van der Waals surface area (Å²) in [6.45, 7) is 0. The molecule has 0 heterocycles. The minimum Gasteiger partial charge on any atom is -0.271 e. The Labute approximate surface area is 112 Å². The third-order valence-corrected chi connectivity index (χ3v) is 4.92. The molecule has 0 spiro atoms. The highest BCUT2D eigenvalue weighted by Gasteiger charge is 2.54. The molecule has 2 fully saturated rings. The summed E-state index contributed by atoms with van der Waals surface area (Å²) < 4.78 is 13.4. The molecule has 18 heavy (non-hydrogen) atoms. The molecule has 3 unspecified atom stereocenters. The Morgan fingerprint density at radius 1 is 1.28 bits per heavy atom. The Bertz CT molecular complexity index is 439. The van der Waals surface area contributed by atoms with E-state index in [4.69, 9.17) is 17.4 Å². The van der Waals surface area contributed by atoms with Crippen molar-refractivity contribution in [2.75, 3.05) is 0 Å². The Hall–Kier alpha value is -0.640. The van der Waals surface area contributed by atoms with Crippen LogP contribution in [0.15, 0.2) is 18.2 Å². The first-order valence-electron chi connectivity index (χ1n) is 6.63. The van der Waals surface area contributed by atoms with Crippen LogP contribution in [0.5, 0.6) is 0 Å². The Morgan fingerprint density at radius 2 is 1.94 bits per heavy atom. The highest BCUT2D eigenvalue weighted by molar-refractivity contribution is 6.31. The maximum Gasteiger partial charge on any atom is 0.123 e. The zero-order chi connectivity index (χ0) is 12.7. The van der Waals surface area contributed by atoms with Gasteiger partial charge in [-0.1, -0.05) is 24.4 Å². The predicted molar refractivity (Wildman–Crippen MR) is 70.4 cm³/mol. The maximum absolute atomic E-state index is 13.4. The molecule has 0 aromatic heterocycles. The van der Waals surface area contributed by atoms with E-state index in [0.717, 1.165) is 17.4 Å². The topological polar surface area (TPSA) is 38.0 Å². The maximum atomic E-state index is 13.4. The van der Waals surface area contributed by atoms with Crippen molar-refractivity contribution in [1.82, 2.24) is 5.43 Å². The molecule has 3 N–H and O–H groups in total. The standard InChI is InChI=1S/C14H18ClFN2/c15-12-6-5-8(16)7-11(12)14(18-17)13-9-3-1-2-4-10(9)13/h5-7,9-10,13-14,18H,1-4,17H2. The molecule has 3 rings (SSSR count). The van der Waals surface area contributed by atoms with Gasteiger partial charge in [-0.15, -0.1) is 0 Å². The van der Waals surface area contributed by atoms with Crippen LogP contribution in [-0.2, 0) is 0 Å². The van der Waals surface area contributed by atoms with Gasteiger partial charge < -0.3 is 0 Å². The monoisotopic (exact) mass is 268 g/mol. The average Bonchev–Trinajstić information content (AvgIpc) is 3.09. The number of halogens is 2. The summed E-state index contributed by atoms with van der Waals surface area (Å²) in [5.41, 5.74) is 3.66. The Kier molecular flexibility index (Phi) is 3.31. The van der Waals surface area contributed by atoms with E-state index in [1.165, 1.54) is 37.8 Å². The molecule has 1 aromatic carbocycles. The first kappa shape index (κ1) is 12.4. The summed E-state index contributed by atoms with van der Waals surface area (Å²) in [6, 6.07) is 4.50. The molecule has 3 atom stereocenters. The summed E-state index contributed by atoms with van der Waals surface area (Å²) in [5.74, 6) is 7.46. The van der Waals surface area contributed by atoms with Crippen molar-refractivity contribution in [3.05, 3.63) is 34.6 Å². The van der Waals surface area contributed by atoms with Gasteiger partial charge >= 0.3 is 0 Å². The lowest BCUT2D eigenvalue weighted by Gasteiger charge is -2.18. The first-order chi connectivity index (χ1) is 8.72. The smallest absolute Gasteiger partial charge is 0.123 e. The third-order valence-electron chi connectivity index (χ3n) is 4.58. The second-order valence-electron chi connectivity index (χ2n) is 5.50. The van der Waals surface area contributed by atoms with E-state index in [2.05, 4.69) is 5.43 Å². The number of rotatable bonds is 3. The fourth-order valence-corrected chi connectivity index (χ4v) is 3.94. The van der Waals surface area contributed by atoms with Crippen LogP contribution in [0.2, 0.25) is 5.02 Å². The number of hydrazine groups is 1. The summed E-state index contributed by atoms with van der Waals surface area (Å²) in [4.78, 5) is 0. The van der Waals surface area contributed by atoms with Crippen LogP contribution >= 0.6 is 11.6 Å². The summed E-state index contributed by atoms with van der Waals surface area (Å²) in [6.07, 6.45) is 5.18. The van der Waals surface area contributed by atoms with E-state index >= 15 is 0 Å². The van der Waals surface area contributed by atoms with Gasteiger partial charge in [0.25, 0.3) is 0 Å². The second-order valence-corrected chi connectivity index (χ2v) is 5.91. The number of hydrogen-bond donors (Lipinski definition) is 2. The van der Waals surface area contributed by atoms with Crippen molar-refractivity contribution >= 4 is 11.6 Å². The Balaban J connectivity index is 1.86. The molecule has 0 amide bonds. The molecule has 0 bridgehead atoms. The van der Waals surface area contributed by atoms with Crippen LogP contribution in [0, 0.1) is 23.6 Å². The van der Waals surface area contributed by atoms with Crippen LogP contribution in [0.1, 0.15) is 37.3 Å². The summed E-state index contributed by atoms with van der Waals surface area (Å²) in [7, 11) is 0. The van der Waals surface area contributed by atoms with Gasteiger partial charge in [-0.3, -0.25) is 11.3 Å². The van der Waals surface area contributed by atoms with Crippen LogP contribution in [0.4, 0.5) is 4.39 Å². The lowest BCUT2D eigenvalue weighted by atomic mass is 10.0. The molecule has 4 heteroatoms. The Morgan fingerprint density at radius 3 is 2.56 bits per heavy atom. The van der Waals surface area contributed by atoms with E-state index in [-0.39, 0.29) is 11.9 Å². The van der Waals surface area contributed by atoms with E-state index in [0.29, 0.717) is 10.9 Å². The van der Waals surface area contributed by atoms with Crippen LogP contribution in [0.25, 0.3) is 0 Å². The molecule has 2 aliphatic rings. The molecule has 2 aliphatic carbocycles. The van der Waals surface area contributed by atoms with Crippen LogP contribution in [0.3, 0.4) is 0 Å². The molecule has 2 saturated carbocycles. The van der Waals surface area contributed by atoms with Gasteiger partial charge in [0, 0.05) is 5.02 Å². The lowest BCUT2D eigenvalue weighted by Crippen LogP contribution is -2.30. The van der Waals surface area contributed by atoms with Crippen molar-refractivity contribution in [2.24, 2.45) is 23.6 Å². The second kappa shape index (κ2) is 4.80. The van der Waals surface area contributed by atoms with Gasteiger partial charge in [-0.2, -0.15) is 0 Å². The van der Waals surface area contributed by atoms with Gasteiger partial charge in [0.2, 0.25) is 0 Å². The minimum absolute atomic E-state index is 0.0127. The van der Waals surface area contributed by atoms with Crippen LogP contribution in [-0.4, -0.2) is 0 Å². The van der Waals surface area contributed by atoms with Crippen molar-refractivity contribution in [3.63, 3.8) is 0 Å². The predicted octanol–water partition coefficient (Wildman–Crippen LogP) is 3.42. The molecular formula is C14H18ClFN2. The number of hydrogen-bond acceptors (Lipinski definition) is 2. The van der Waals surface area contributed by atoms with E-state index in [1.807, 2.05) is 0 Å². The largest absolute Gasteiger partial charge is 0.271 e. The van der Waals surface area contributed by atoms with E-state index < -0.39 is 0 Å². The number of fused-ring (bicyclic) bond motifs is 1. The third kappa shape index (κ3) is 2.04. The molecule has 0 radical (unpaired) electrons. The summed E-state index contributed by atoms with van der Waals surface area (Å²) in [5, 5.41) is 0.600. The number of nitrogens with one attached hydrogen (secondary N) is 1. The molecule has 0 saturated heterocycles. The quantitative estimate of drug-likeness (QED) is 0.651. The fraction of sp³-hybridized carbons (Fsp3) is 0.571. The van der Waals surface area contributed by atoms with E-state index in [1.54, 1.807) is 6.07 Å². The number of benzene rings is 1. The average molecular weight is 269 g/mol. The normalized spacial score (nSPS) is 31.8. The van der Waals surface area contributed by atoms with Crippen molar-refractivity contribution in [3.8, 4) is 0 Å². The van der Waals surface area contributed by atoms with Gasteiger partial charge in [0.1, 0.15) is 5.82 Å². The van der Waals surface area contributed by atoms with Gasteiger partial charge in [0.15, 0.2) is 0 Å². The first-order valence-corrected chi connectivity index (χ1v) is 7.01. The molecule has 2 nitrogen and oxygen atoms in total. The van der Waals surface area contributed by atoms with Crippen molar-refractivity contribution < 1.29 is 4.39 Å². The minimum atomic E-state index is -0.252. The molecule has 0 aliphatic heterocycles. The van der Waals surface area contributed by atoms with E-state index in [9.17, 15) is 4.39 Å². The fourth-order valence-electron chi connectivity index (χ4n) is 3.70. The van der Waals surface area contributed by atoms with Crippen molar-refractivity contribution in [2.45, 2.75) is 31.7 Å². The highest BCUT2D eigenvalue weighted by Crippen LogP contribution is 2.60. The SMILES string of the molecule is NNC(c1cc(F)ccc1Cl)C1C2CCCCC21. The molecule has 1 aromatic rings. The molecule has 98 valence electrons.